The molecule has 3 heterocycles. The number of amides is 1. The summed E-state index contributed by atoms with van der Waals surface area (Å²) in [5.74, 6) is 1.53. The van der Waals surface area contributed by atoms with Crippen LogP contribution in [0.25, 0.3) is 0 Å². The number of hydrogen-bond acceptors (Lipinski definition) is 8. The number of likely N-dealkylation sites (tertiary alicyclic amines) is 1. The van der Waals surface area contributed by atoms with Gasteiger partial charge in [0, 0.05) is 41.2 Å². The predicted molar refractivity (Wildman–Crippen MR) is 174 cm³/mol. The van der Waals surface area contributed by atoms with Crippen molar-refractivity contribution in [3.8, 4) is 11.5 Å². The SMILES string of the molecule is COc1ccc(CN=S(=O)(NC(=O)Cc2cc(C(C)C)sc2C(C)C)N(c2cnn(C)c2)C2CCCN(C)C2)c(OC)c1. The molecule has 12 heteroatoms. The fourth-order valence-corrected chi connectivity index (χ4v) is 8.54. The lowest BCUT2D eigenvalue weighted by Gasteiger charge is -2.39. The van der Waals surface area contributed by atoms with E-state index in [9.17, 15) is 4.79 Å². The van der Waals surface area contributed by atoms with Crippen molar-refractivity contribution in [2.45, 2.75) is 71.4 Å². The molecule has 2 aromatic heterocycles. The summed E-state index contributed by atoms with van der Waals surface area (Å²) in [6.45, 7) is 10.3. The minimum Gasteiger partial charge on any atom is -0.497 e. The number of anilines is 1. The first-order valence-corrected chi connectivity index (χ1v) is 17.1. The number of aromatic nitrogens is 2. The Morgan fingerprint density at radius 2 is 1.93 bits per heavy atom. The predicted octanol–water partition coefficient (Wildman–Crippen LogP) is 5.50. The molecule has 0 radical (unpaired) electrons. The number of likely N-dealkylation sites (N-methyl/N-ethyl adjacent to an activating group) is 1. The standard InChI is InChI=1S/C31H46N6O4S2/c1-21(2)29-14-24(31(42-29)22(3)4)15-30(38)34-43(39,33-17-23-11-12-27(40-7)16-28(23)41-8)37(26-18-32-36(6)20-26)25-10-9-13-35(5)19-25/h11-12,14,16,18,20-22,25H,9-10,13,15,17,19H2,1-8H3,(H,33,34,38,39). The van der Waals surface area contributed by atoms with Crippen LogP contribution in [-0.2, 0) is 34.9 Å². The van der Waals surface area contributed by atoms with E-state index in [-0.39, 0.29) is 30.8 Å². The van der Waals surface area contributed by atoms with Gasteiger partial charge in [-0.1, -0.05) is 27.7 Å². The van der Waals surface area contributed by atoms with E-state index in [1.165, 1.54) is 9.75 Å². The van der Waals surface area contributed by atoms with Gasteiger partial charge < -0.3 is 14.4 Å². The number of carbonyl (C=O) groups is 1. The maximum absolute atomic E-state index is 15.2. The second kappa shape index (κ2) is 14.1. The van der Waals surface area contributed by atoms with Gasteiger partial charge in [-0.25, -0.2) is 4.21 Å². The Kier molecular flexibility index (Phi) is 10.8. The molecule has 2 unspecified atom stereocenters. The van der Waals surface area contributed by atoms with Crippen molar-refractivity contribution in [2.75, 3.05) is 38.7 Å². The van der Waals surface area contributed by atoms with Gasteiger partial charge in [-0.05, 0) is 62.0 Å². The van der Waals surface area contributed by atoms with Gasteiger partial charge >= 0.3 is 0 Å². The molecule has 10 nitrogen and oxygen atoms in total. The van der Waals surface area contributed by atoms with E-state index in [1.54, 1.807) is 46.8 Å². The van der Waals surface area contributed by atoms with Gasteiger partial charge in [-0.2, -0.15) is 9.46 Å². The molecule has 0 saturated carbocycles. The zero-order valence-corrected chi connectivity index (χ0v) is 28.3. The molecule has 1 aromatic carbocycles. The summed E-state index contributed by atoms with van der Waals surface area (Å²) in [5, 5.41) is 4.38. The quantitative estimate of drug-likeness (QED) is 0.284. The number of benzene rings is 1. The molecule has 3 aromatic rings. The second-order valence-corrected chi connectivity index (χ2v) is 14.7. The molecule has 1 N–H and O–H groups in total. The van der Waals surface area contributed by atoms with E-state index < -0.39 is 10.1 Å². The molecule has 2 atom stereocenters. The van der Waals surface area contributed by atoms with Crippen LogP contribution in [0.1, 0.15) is 73.3 Å². The van der Waals surface area contributed by atoms with E-state index >= 15 is 4.21 Å². The maximum atomic E-state index is 15.2. The number of thiophene rings is 1. The zero-order valence-electron chi connectivity index (χ0n) is 26.6. The fourth-order valence-electron chi connectivity index (χ4n) is 5.43. The third-order valence-corrected chi connectivity index (χ3v) is 11.4. The van der Waals surface area contributed by atoms with Crippen molar-refractivity contribution in [1.29, 1.82) is 0 Å². The van der Waals surface area contributed by atoms with Crippen LogP contribution in [0.5, 0.6) is 11.5 Å². The summed E-state index contributed by atoms with van der Waals surface area (Å²) in [4.78, 5) is 18.5. The third kappa shape index (κ3) is 7.90. The fraction of sp³-hybridized carbons (Fsp3) is 0.548. The molecule has 1 aliphatic rings. The summed E-state index contributed by atoms with van der Waals surface area (Å²) >= 11 is 1.75. The van der Waals surface area contributed by atoms with E-state index in [0.717, 1.165) is 30.5 Å². The van der Waals surface area contributed by atoms with Gasteiger partial charge in [0.1, 0.15) is 11.5 Å². The van der Waals surface area contributed by atoms with Crippen LogP contribution in [0.2, 0.25) is 0 Å². The molecule has 4 rings (SSSR count). The van der Waals surface area contributed by atoms with Crippen LogP contribution in [0.4, 0.5) is 5.69 Å². The molecule has 1 amide bonds. The molecule has 0 aliphatic carbocycles. The Labute approximate surface area is 260 Å². The number of nitrogens with one attached hydrogen (secondary N) is 1. The van der Waals surface area contributed by atoms with E-state index in [4.69, 9.17) is 13.8 Å². The molecule has 1 saturated heterocycles. The molecule has 1 fully saturated rings. The highest BCUT2D eigenvalue weighted by molar-refractivity contribution is 7.93. The Bertz CT molecular complexity index is 1520. The minimum atomic E-state index is -3.50. The number of aryl methyl sites for hydroxylation is 1. The van der Waals surface area contributed by atoms with Crippen LogP contribution in [-0.4, -0.2) is 65.2 Å². The average Bonchev–Trinajstić information content (AvgIpc) is 3.58. The van der Waals surface area contributed by atoms with E-state index in [0.29, 0.717) is 29.6 Å². The van der Waals surface area contributed by atoms with Gasteiger partial charge in [0.2, 0.25) is 16.0 Å². The Hall–Kier alpha value is -3.09. The molecule has 0 spiro atoms. The average molecular weight is 631 g/mol. The molecule has 1 aliphatic heterocycles. The van der Waals surface area contributed by atoms with Crippen molar-refractivity contribution in [3.63, 3.8) is 0 Å². The first-order chi connectivity index (χ1) is 20.4. The Morgan fingerprint density at radius 3 is 2.53 bits per heavy atom. The van der Waals surface area contributed by atoms with E-state index in [2.05, 4.69) is 55.5 Å². The highest BCUT2D eigenvalue weighted by Crippen LogP contribution is 2.34. The van der Waals surface area contributed by atoms with Crippen molar-refractivity contribution >= 4 is 33.0 Å². The lowest BCUT2D eigenvalue weighted by molar-refractivity contribution is -0.118. The van der Waals surface area contributed by atoms with Crippen molar-refractivity contribution in [3.05, 3.63) is 57.5 Å². The Morgan fingerprint density at radius 1 is 1.16 bits per heavy atom. The number of methoxy groups -OCH3 is 2. The summed E-state index contributed by atoms with van der Waals surface area (Å²) in [6, 6.07) is 7.42. The highest BCUT2D eigenvalue weighted by atomic mass is 32.2. The summed E-state index contributed by atoms with van der Waals surface area (Å²) in [5.41, 5.74) is 2.36. The summed E-state index contributed by atoms with van der Waals surface area (Å²) in [6.07, 6.45) is 5.40. The minimum absolute atomic E-state index is 0.0682. The number of ether oxygens (including phenoxy) is 2. The summed E-state index contributed by atoms with van der Waals surface area (Å²) in [7, 11) is 3.56. The maximum Gasteiger partial charge on any atom is 0.238 e. The number of nitrogens with zero attached hydrogens (tertiary/aromatic N) is 5. The van der Waals surface area contributed by atoms with Crippen LogP contribution < -0.4 is 18.5 Å². The van der Waals surface area contributed by atoms with Crippen LogP contribution >= 0.6 is 11.3 Å². The van der Waals surface area contributed by atoms with Gasteiger partial charge in [0.05, 0.1) is 45.1 Å². The van der Waals surface area contributed by atoms with Crippen molar-refractivity contribution in [1.82, 2.24) is 19.4 Å². The number of piperidine rings is 1. The van der Waals surface area contributed by atoms with Crippen LogP contribution in [0.3, 0.4) is 0 Å². The monoisotopic (exact) mass is 630 g/mol. The number of carbonyl (C=O) groups excluding carboxylic acids is 1. The lowest BCUT2D eigenvalue weighted by atomic mass is 10.0. The Balaban J connectivity index is 1.78. The zero-order chi connectivity index (χ0) is 31.3. The van der Waals surface area contributed by atoms with Gasteiger partial charge in [-0.3, -0.25) is 18.5 Å². The van der Waals surface area contributed by atoms with Crippen molar-refractivity contribution < 1.29 is 18.5 Å². The van der Waals surface area contributed by atoms with Crippen molar-refractivity contribution in [2.24, 2.45) is 11.4 Å². The van der Waals surface area contributed by atoms with Crippen LogP contribution in [0, 0.1) is 0 Å². The summed E-state index contributed by atoms with van der Waals surface area (Å²) < 4.78 is 37.4. The first kappa shape index (κ1) is 32.8. The molecular weight excluding hydrogens is 585 g/mol. The van der Waals surface area contributed by atoms with Gasteiger partial charge in [-0.15, -0.1) is 11.3 Å². The van der Waals surface area contributed by atoms with Gasteiger partial charge in [0.25, 0.3) is 0 Å². The normalized spacial score (nSPS) is 17.1. The van der Waals surface area contributed by atoms with Crippen LogP contribution in [0.15, 0.2) is 41.0 Å². The third-order valence-electron chi connectivity index (χ3n) is 7.60. The number of hydrogen-bond donors (Lipinski definition) is 1. The number of rotatable bonds is 12. The smallest absolute Gasteiger partial charge is 0.238 e. The molecule has 0 bridgehead atoms. The second-order valence-electron chi connectivity index (χ2n) is 11.8. The van der Waals surface area contributed by atoms with Gasteiger partial charge in [0.15, 0.2) is 0 Å². The molecule has 43 heavy (non-hydrogen) atoms. The van der Waals surface area contributed by atoms with E-state index in [1.807, 2.05) is 25.4 Å². The topological polar surface area (TPSA) is 101 Å². The highest BCUT2D eigenvalue weighted by Gasteiger charge is 2.34. The largest absolute Gasteiger partial charge is 0.497 e. The molecular formula is C31H46N6O4S2. The lowest BCUT2D eigenvalue weighted by Crippen LogP contribution is -2.54. The molecule has 236 valence electrons. The first-order valence-electron chi connectivity index (χ1n) is 14.8.